The van der Waals surface area contributed by atoms with Gasteiger partial charge in [0.15, 0.2) is 0 Å². The van der Waals surface area contributed by atoms with Crippen molar-refractivity contribution in [1.29, 1.82) is 0 Å². The highest BCUT2D eigenvalue weighted by molar-refractivity contribution is 6.09. The smallest absolute Gasteiger partial charge is 0.123 e. The number of methoxy groups -OCH3 is 1. The topological polar surface area (TPSA) is 28.1 Å². The van der Waals surface area contributed by atoms with Gasteiger partial charge in [0.2, 0.25) is 0 Å². The first-order valence-corrected chi connectivity index (χ1v) is 13.1. The first kappa shape index (κ1) is 25.0. The molecule has 2 aliphatic rings. The monoisotopic (exact) mass is 521 g/mol. The number of fused-ring (bicyclic) bond motifs is 1. The number of hydrazone groups is 1. The van der Waals surface area contributed by atoms with Gasteiger partial charge in [0.25, 0.3) is 0 Å². The Labute approximate surface area is 227 Å². The van der Waals surface area contributed by atoms with Crippen LogP contribution < -0.4 is 9.75 Å². The maximum atomic E-state index is 13.9. The normalized spacial score (nSPS) is 20.1. The number of halogens is 2. The van der Waals surface area contributed by atoms with E-state index >= 15 is 0 Å². The van der Waals surface area contributed by atoms with Crippen molar-refractivity contribution in [2.24, 2.45) is 11.0 Å². The Kier molecular flexibility index (Phi) is 6.95. The van der Waals surface area contributed by atoms with Crippen LogP contribution in [0.1, 0.15) is 22.7 Å². The summed E-state index contributed by atoms with van der Waals surface area (Å²) >= 11 is 0. The molecular weight excluding hydrogens is 492 g/mol. The third-order valence-corrected chi connectivity index (χ3v) is 7.40. The van der Waals surface area contributed by atoms with Crippen LogP contribution in [0, 0.1) is 17.6 Å². The number of likely N-dealkylation sites (tertiary alicyclic amines) is 1. The highest BCUT2D eigenvalue weighted by Crippen LogP contribution is 2.43. The number of hydrogen-bond donors (Lipinski definition) is 0. The molecule has 0 saturated carbocycles. The van der Waals surface area contributed by atoms with Crippen LogP contribution in [0.3, 0.4) is 0 Å². The number of benzene rings is 4. The van der Waals surface area contributed by atoms with E-state index in [9.17, 15) is 8.78 Å². The van der Waals surface area contributed by atoms with Crippen molar-refractivity contribution in [3.05, 3.63) is 137 Å². The molecule has 2 aliphatic heterocycles. The number of nitrogens with zero attached hydrogens (tertiary/aromatic N) is 3. The lowest BCUT2D eigenvalue weighted by Crippen LogP contribution is -2.43. The number of rotatable bonds is 6. The highest BCUT2D eigenvalue weighted by Gasteiger charge is 2.44. The zero-order chi connectivity index (χ0) is 26.8. The van der Waals surface area contributed by atoms with E-state index in [0.717, 1.165) is 46.9 Å². The van der Waals surface area contributed by atoms with Gasteiger partial charge in [-0.25, -0.2) is 8.78 Å². The van der Waals surface area contributed by atoms with Crippen molar-refractivity contribution < 1.29 is 13.5 Å². The maximum absolute atomic E-state index is 13.9. The molecule has 0 spiro atoms. The first-order valence-electron chi connectivity index (χ1n) is 13.1. The molecule has 2 heterocycles. The van der Waals surface area contributed by atoms with Crippen LogP contribution in [0.4, 0.5) is 14.5 Å². The fourth-order valence-corrected chi connectivity index (χ4v) is 5.55. The molecular formula is C33H29F2N3O. The Morgan fingerprint density at radius 1 is 0.846 bits per heavy atom. The number of hydrogen-bond acceptors (Lipinski definition) is 4. The molecule has 0 N–H and O–H groups in total. The minimum atomic E-state index is -0.260. The van der Waals surface area contributed by atoms with Crippen LogP contribution in [-0.4, -0.2) is 30.8 Å². The van der Waals surface area contributed by atoms with Gasteiger partial charge in [-0.1, -0.05) is 54.6 Å². The first-order chi connectivity index (χ1) is 19.1. The van der Waals surface area contributed by atoms with Gasteiger partial charge in [0.05, 0.1) is 24.6 Å². The van der Waals surface area contributed by atoms with Gasteiger partial charge in [-0.15, -0.1) is 0 Å². The van der Waals surface area contributed by atoms with Gasteiger partial charge in [-0.3, -0.25) is 9.91 Å². The summed E-state index contributed by atoms with van der Waals surface area (Å²) in [5.41, 5.74) is 6.22. The molecule has 2 atom stereocenters. The maximum Gasteiger partial charge on any atom is 0.123 e. The highest BCUT2D eigenvalue weighted by atomic mass is 19.1. The van der Waals surface area contributed by atoms with E-state index in [1.165, 1.54) is 29.8 Å². The summed E-state index contributed by atoms with van der Waals surface area (Å²) in [6.45, 7) is 2.25. The van der Waals surface area contributed by atoms with Crippen molar-refractivity contribution in [2.75, 3.05) is 25.2 Å². The Balaban J connectivity index is 1.42. The third-order valence-electron chi connectivity index (χ3n) is 7.40. The van der Waals surface area contributed by atoms with Gasteiger partial charge >= 0.3 is 0 Å². The van der Waals surface area contributed by atoms with Gasteiger partial charge in [-0.05, 0) is 76.9 Å². The Morgan fingerprint density at radius 3 is 2.18 bits per heavy atom. The molecule has 6 heteroatoms. The average Bonchev–Trinajstić information content (AvgIpc) is 3.35. The fraction of sp³-hybridized carbons (Fsp3) is 0.182. The minimum Gasteiger partial charge on any atom is -0.497 e. The number of anilines is 1. The lowest BCUT2D eigenvalue weighted by atomic mass is 9.82. The Bertz CT molecular complexity index is 1480. The molecule has 4 nitrogen and oxygen atoms in total. The molecule has 6 rings (SSSR count). The molecule has 1 fully saturated rings. The van der Waals surface area contributed by atoms with Crippen LogP contribution in [-0.2, 0) is 6.54 Å². The summed E-state index contributed by atoms with van der Waals surface area (Å²) < 4.78 is 32.9. The molecule has 0 bridgehead atoms. The van der Waals surface area contributed by atoms with Crippen molar-refractivity contribution in [2.45, 2.75) is 12.6 Å². The molecule has 0 aliphatic carbocycles. The van der Waals surface area contributed by atoms with Crippen LogP contribution >= 0.6 is 0 Å². The summed E-state index contributed by atoms with van der Waals surface area (Å²) in [5, 5.41) is 7.26. The molecule has 2 unspecified atom stereocenters. The molecule has 0 amide bonds. The Hall–Kier alpha value is -4.29. The summed E-state index contributed by atoms with van der Waals surface area (Å²) in [6, 6.07) is 31.5. The lowest BCUT2D eigenvalue weighted by Gasteiger charge is -2.36. The van der Waals surface area contributed by atoms with Gasteiger partial charge in [0.1, 0.15) is 17.4 Å². The summed E-state index contributed by atoms with van der Waals surface area (Å²) in [6.07, 6.45) is 2.11. The minimum absolute atomic E-state index is 0.0503. The average molecular weight is 522 g/mol. The van der Waals surface area contributed by atoms with Crippen LogP contribution in [0.2, 0.25) is 0 Å². The second-order valence-electron chi connectivity index (χ2n) is 10.0. The zero-order valence-corrected chi connectivity index (χ0v) is 21.7. The van der Waals surface area contributed by atoms with E-state index in [4.69, 9.17) is 9.84 Å². The van der Waals surface area contributed by atoms with Gasteiger partial charge in [-0.2, -0.15) is 5.10 Å². The predicted octanol–water partition coefficient (Wildman–Crippen LogP) is 7.11. The predicted molar refractivity (Wildman–Crippen MR) is 152 cm³/mol. The van der Waals surface area contributed by atoms with Gasteiger partial charge < -0.3 is 4.74 Å². The molecule has 0 radical (unpaired) electrons. The van der Waals surface area contributed by atoms with E-state index in [1.54, 1.807) is 19.2 Å². The van der Waals surface area contributed by atoms with Gasteiger partial charge in [0, 0.05) is 25.6 Å². The van der Waals surface area contributed by atoms with E-state index in [2.05, 4.69) is 40.3 Å². The third kappa shape index (κ3) is 5.33. The standard InChI is InChI=1S/C33H29F2N3O/c1-39-30-17-9-24(10-18-30)20-37-21-26(19-23-7-13-27(34)14-8-23)32-31(22-37)33(25-11-15-28(35)16-12-25)38(36-32)29-5-3-2-4-6-29/h2-19,31,33H,20-22H2,1H3. The number of para-hydroxylation sites is 1. The van der Waals surface area contributed by atoms with Crippen molar-refractivity contribution >= 4 is 17.5 Å². The lowest BCUT2D eigenvalue weighted by molar-refractivity contribution is 0.245. The van der Waals surface area contributed by atoms with E-state index in [1.807, 2.05) is 42.5 Å². The van der Waals surface area contributed by atoms with E-state index in [0.29, 0.717) is 6.54 Å². The largest absolute Gasteiger partial charge is 0.497 e. The Morgan fingerprint density at radius 2 is 1.51 bits per heavy atom. The zero-order valence-electron chi connectivity index (χ0n) is 21.7. The molecule has 4 aromatic rings. The van der Waals surface area contributed by atoms with Crippen LogP contribution in [0.15, 0.2) is 114 Å². The van der Waals surface area contributed by atoms with Crippen LogP contribution in [0.5, 0.6) is 5.75 Å². The van der Waals surface area contributed by atoms with E-state index in [-0.39, 0.29) is 23.6 Å². The number of piperidine rings is 1. The summed E-state index contributed by atoms with van der Waals surface area (Å²) in [5.74, 6) is 0.360. The molecule has 196 valence electrons. The second-order valence-corrected chi connectivity index (χ2v) is 10.0. The van der Waals surface area contributed by atoms with Crippen molar-refractivity contribution in [1.82, 2.24) is 4.90 Å². The molecule has 39 heavy (non-hydrogen) atoms. The summed E-state index contributed by atoms with van der Waals surface area (Å²) in [7, 11) is 1.67. The number of ether oxygens (including phenoxy) is 1. The quantitative estimate of drug-likeness (QED) is 0.271. The van der Waals surface area contributed by atoms with Crippen molar-refractivity contribution in [3.8, 4) is 5.75 Å². The van der Waals surface area contributed by atoms with Crippen LogP contribution in [0.25, 0.3) is 6.08 Å². The molecule has 1 saturated heterocycles. The SMILES string of the molecule is COc1ccc(CN2CC(=Cc3ccc(F)cc3)C3=NN(c4ccccc4)C(c4ccc(F)cc4)C3C2)cc1. The second kappa shape index (κ2) is 10.8. The molecule has 4 aromatic carbocycles. The van der Waals surface area contributed by atoms with Crippen molar-refractivity contribution in [3.63, 3.8) is 0 Å². The van der Waals surface area contributed by atoms with E-state index < -0.39 is 0 Å². The fourth-order valence-electron chi connectivity index (χ4n) is 5.55. The molecule has 0 aromatic heterocycles. The summed E-state index contributed by atoms with van der Waals surface area (Å²) in [4.78, 5) is 2.42.